The van der Waals surface area contributed by atoms with Gasteiger partial charge in [-0.3, -0.25) is 9.38 Å². The molecule has 0 bridgehead atoms. The Morgan fingerprint density at radius 1 is 1.12 bits per heavy atom. The topological polar surface area (TPSA) is 93.9 Å². The monoisotopic (exact) mass is 560 g/mol. The molecule has 210 valence electrons. The molecule has 6 rings (SSSR count). The fourth-order valence-electron chi connectivity index (χ4n) is 5.92. The molecule has 1 N–H and O–H groups in total. The highest BCUT2D eigenvalue weighted by atomic mass is 32.2. The highest BCUT2D eigenvalue weighted by Crippen LogP contribution is 2.43. The summed E-state index contributed by atoms with van der Waals surface area (Å²) in [5.74, 6) is 0.880. The standard InChI is InChI=1S/C30H36N6O3S/c1-19-6-7-21-22(16-19)31-11-8-23(21)40-24-17-33-27(36-15-12-32-26(24)36)35-13-9-30(10-14-35)18-38-20(2)25(30)34-28(37)39-29(3,4)5/h6-8,11-12,15-17,20,25H,9-10,13-14,18H2,1-5H3,(H,34,37)/t20-,25+/m0/s1. The maximum Gasteiger partial charge on any atom is 0.407 e. The zero-order valence-corrected chi connectivity index (χ0v) is 24.5. The van der Waals surface area contributed by atoms with Crippen molar-refractivity contribution < 1.29 is 14.3 Å². The number of ether oxygens (including phenoxy) is 2. The van der Waals surface area contributed by atoms with Gasteiger partial charge in [0.05, 0.1) is 29.2 Å². The fraction of sp³-hybridized carbons (Fsp3) is 0.467. The Hall–Kier alpha value is -3.37. The minimum Gasteiger partial charge on any atom is -0.444 e. The normalized spacial score (nSPS) is 20.9. The first-order valence-electron chi connectivity index (χ1n) is 13.8. The van der Waals surface area contributed by atoms with Crippen LogP contribution in [0.5, 0.6) is 0 Å². The molecule has 0 unspecified atom stereocenters. The minimum atomic E-state index is -0.543. The average Bonchev–Trinajstić information content (AvgIpc) is 3.51. The molecular weight excluding hydrogens is 524 g/mol. The van der Waals surface area contributed by atoms with Crippen LogP contribution in [0.4, 0.5) is 10.7 Å². The summed E-state index contributed by atoms with van der Waals surface area (Å²) in [5, 5.41) is 4.25. The van der Waals surface area contributed by atoms with Crippen molar-refractivity contribution in [3.05, 3.63) is 54.6 Å². The molecule has 0 aliphatic carbocycles. The van der Waals surface area contributed by atoms with Crippen LogP contribution in [-0.2, 0) is 9.47 Å². The van der Waals surface area contributed by atoms with Crippen LogP contribution >= 0.6 is 11.8 Å². The maximum atomic E-state index is 12.6. The van der Waals surface area contributed by atoms with Crippen molar-refractivity contribution in [2.24, 2.45) is 5.41 Å². The molecule has 4 aromatic rings. The number of rotatable bonds is 4. The van der Waals surface area contributed by atoms with E-state index in [0.29, 0.717) is 6.61 Å². The van der Waals surface area contributed by atoms with Crippen LogP contribution < -0.4 is 10.2 Å². The van der Waals surface area contributed by atoms with Gasteiger partial charge in [0.1, 0.15) is 5.60 Å². The second-order valence-electron chi connectivity index (χ2n) is 12.0. The Kier molecular flexibility index (Phi) is 6.86. The van der Waals surface area contributed by atoms with E-state index in [4.69, 9.17) is 19.4 Å². The third-order valence-corrected chi connectivity index (χ3v) is 9.01. The van der Waals surface area contributed by atoms with E-state index in [1.54, 1.807) is 11.8 Å². The predicted octanol–water partition coefficient (Wildman–Crippen LogP) is 5.64. The molecule has 2 atom stereocenters. The van der Waals surface area contributed by atoms with Gasteiger partial charge in [0, 0.05) is 53.6 Å². The summed E-state index contributed by atoms with van der Waals surface area (Å²) in [6, 6.07) is 8.31. The van der Waals surface area contributed by atoms with E-state index in [1.165, 1.54) is 5.56 Å². The van der Waals surface area contributed by atoms with Gasteiger partial charge >= 0.3 is 6.09 Å². The second-order valence-corrected chi connectivity index (χ2v) is 13.0. The summed E-state index contributed by atoms with van der Waals surface area (Å²) < 4.78 is 13.7. The number of fused-ring (bicyclic) bond motifs is 2. The average molecular weight is 561 g/mol. The van der Waals surface area contributed by atoms with Crippen LogP contribution in [0, 0.1) is 12.3 Å². The van der Waals surface area contributed by atoms with Crippen LogP contribution in [0.15, 0.2) is 58.8 Å². The number of hydrogen-bond donors (Lipinski definition) is 1. The highest BCUT2D eigenvalue weighted by Gasteiger charge is 2.50. The van der Waals surface area contributed by atoms with E-state index in [0.717, 1.165) is 58.2 Å². The number of hydrogen-bond acceptors (Lipinski definition) is 8. The number of aromatic nitrogens is 4. The summed E-state index contributed by atoms with van der Waals surface area (Å²) in [5.41, 5.74) is 2.39. The molecule has 1 amide bonds. The second kappa shape index (κ2) is 10.2. The van der Waals surface area contributed by atoms with E-state index in [9.17, 15) is 4.79 Å². The molecule has 1 aromatic carbocycles. The minimum absolute atomic E-state index is 0.0676. The molecule has 40 heavy (non-hydrogen) atoms. The lowest BCUT2D eigenvalue weighted by Crippen LogP contribution is -2.55. The Balaban J connectivity index is 1.21. The molecule has 9 nitrogen and oxygen atoms in total. The lowest BCUT2D eigenvalue weighted by molar-refractivity contribution is 0.0434. The van der Waals surface area contributed by atoms with Crippen molar-refractivity contribution >= 4 is 40.4 Å². The number of amides is 1. The van der Waals surface area contributed by atoms with Crippen LogP contribution in [-0.4, -0.2) is 62.9 Å². The fourth-order valence-corrected chi connectivity index (χ4v) is 6.92. The lowest BCUT2D eigenvalue weighted by Gasteiger charge is -2.43. The summed E-state index contributed by atoms with van der Waals surface area (Å²) in [6.07, 6.45) is 8.91. The van der Waals surface area contributed by atoms with Crippen molar-refractivity contribution in [1.29, 1.82) is 0 Å². The lowest BCUT2D eigenvalue weighted by atomic mass is 9.73. The van der Waals surface area contributed by atoms with E-state index < -0.39 is 5.60 Å². The van der Waals surface area contributed by atoms with Gasteiger partial charge in [-0.25, -0.2) is 14.8 Å². The molecule has 2 saturated heterocycles. The first-order valence-corrected chi connectivity index (χ1v) is 14.6. The van der Waals surface area contributed by atoms with Crippen LogP contribution in [0.2, 0.25) is 0 Å². The number of benzene rings is 1. The third-order valence-electron chi connectivity index (χ3n) is 7.93. The molecule has 1 spiro atoms. The Morgan fingerprint density at radius 2 is 1.93 bits per heavy atom. The quantitative estimate of drug-likeness (QED) is 0.343. The maximum absolute atomic E-state index is 12.6. The summed E-state index contributed by atoms with van der Waals surface area (Å²) in [4.78, 5) is 31.2. The van der Waals surface area contributed by atoms with Gasteiger partial charge in [-0.2, -0.15) is 0 Å². The van der Waals surface area contributed by atoms with Gasteiger partial charge in [-0.1, -0.05) is 23.9 Å². The predicted molar refractivity (Wildman–Crippen MR) is 156 cm³/mol. The molecule has 2 aliphatic heterocycles. The number of carbonyl (C=O) groups is 1. The van der Waals surface area contributed by atoms with Crippen LogP contribution in [0.25, 0.3) is 16.6 Å². The van der Waals surface area contributed by atoms with E-state index in [1.807, 2.05) is 58.5 Å². The number of nitrogens with zero attached hydrogens (tertiary/aromatic N) is 5. The van der Waals surface area contributed by atoms with Crippen molar-refractivity contribution in [3.8, 4) is 0 Å². The largest absolute Gasteiger partial charge is 0.444 e. The third kappa shape index (κ3) is 5.10. The smallest absolute Gasteiger partial charge is 0.407 e. The summed E-state index contributed by atoms with van der Waals surface area (Å²) >= 11 is 1.66. The van der Waals surface area contributed by atoms with E-state index in [-0.39, 0.29) is 23.7 Å². The van der Waals surface area contributed by atoms with Gasteiger partial charge in [0.15, 0.2) is 5.65 Å². The number of carbonyl (C=O) groups excluding carboxylic acids is 1. The Morgan fingerprint density at radius 3 is 2.70 bits per heavy atom. The number of aryl methyl sites for hydroxylation is 1. The number of piperidine rings is 1. The van der Waals surface area contributed by atoms with Gasteiger partial charge in [0.25, 0.3) is 0 Å². The molecule has 3 aromatic heterocycles. The number of nitrogens with one attached hydrogen (secondary N) is 1. The summed E-state index contributed by atoms with van der Waals surface area (Å²) in [6.45, 7) is 12.0. The van der Waals surface area contributed by atoms with Crippen molar-refractivity contribution in [2.45, 2.75) is 75.0 Å². The highest BCUT2D eigenvalue weighted by molar-refractivity contribution is 7.99. The van der Waals surface area contributed by atoms with E-state index >= 15 is 0 Å². The van der Waals surface area contributed by atoms with Gasteiger partial charge in [-0.15, -0.1) is 0 Å². The molecule has 0 radical (unpaired) electrons. The number of pyridine rings is 1. The molecule has 0 saturated carbocycles. The SMILES string of the molecule is Cc1ccc2c(Sc3cnc(N4CCC5(CC4)CO[C@@H](C)[C@H]5NC(=O)OC(C)(C)C)n4ccnc34)ccnc2c1. The Labute approximate surface area is 238 Å². The van der Waals surface area contributed by atoms with Gasteiger partial charge < -0.3 is 19.7 Å². The zero-order valence-electron chi connectivity index (χ0n) is 23.7. The van der Waals surface area contributed by atoms with Crippen molar-refractivity contribution in [3.63, 3.8) is 0 Å². The van der Waals surface area contributed by atoms with Crippen molar-refractivity contribution in [1.82, 2.24) is 24.7 Å². The first kappa shape index (κ1) is 26.8. The number of anilines is 1. The molecule has 2 aliphatic rings. The van der Waals surface area contributed by atoms with Crippen LogP contribution in [0.1, 0.15) is 46.1 Å². The summed E-state index contributed by atoms with van der Waals surface area (Å²) in [7, 11) is 0. The first-order chi connectivity index (χ1) is 19.1. The molecular formula is C30H36N6O3S. The van der Waals surface area contributed by atoms with Gasteiger partial charge in [0.2, 0.25) is 5.95 Å². The molecule has 2 fully saturated rings. The van der Waals surface area contributed by atoms with Crippen LogP contribution in [0.3, 0.4) is 0 Å². The van der Waals surface area contributed by atoms with Gasteiger partial charge in [-0.05, 0) is 65.2 Å². The Bertz CT molecular complexity index is 1560. The number of alkyl carbamates (subject to hydrolysis) is 1. The molecule has 5 heterocycles. The number of imidazole rings is 1. The van der Waals surface area contributed by atoms with E-state index in [2.05, 4.69) is 44.7 Å². The molecule has 10 heteroatoms. The van der Waals surface area contributed by atoms with Crippen molar-refractivity contribution in [2.75, 3.05) is 24.6 Å². The zero-order chi connectivity index (χ0) is 28.1.